The van der Waals surface area contributed by atoms with Crippen LogP contribution in [0.2, 0.25) is 0 Å². The molecule has 1 fully saturated rings. The minimum absolute atomic E-state index is 0.0356. The Balaban J connectivity index is 1.86. The van der Waals surface area contributed by atoms with Crippen LogP contribution in [0.4, 0.5) is 9.52 Å². The maximum atomic E-state index is 13.0. The second-order valence-corrected chi connectivity index (χ2v) is 5.83. The van der Waals surface area contributed by atoms with Crippen molar-refractivity contribution in [3.05, 3.63) is 47.2 Å². The Morgan fingerprint density at radius 3 is 2.73 bits per heavy atom. The van der Waals surface area contributed by atoms with Gasteiger partial charge in [0.1, 0.15) is 12.5 Å². The van der Waals surface area contributed by atoms with Gasteiger partial charge in [-0.1, -0.05) is 0 Å². The summed E-state index contributed by atoms with van der Waals surface area (Å²) in [4.78, 5) is 31.7. The third-order valence-corrected chi connectivity index (χ3v) is 4.26. The van der Waals surface area contributed by atoms with Gasteiger partial charge in [0.25, 0.3) is 5.91 Å². The molecule has 1 aromatic carbocycles. The number of hydrogen-bond donors (Lipinski definition) is 0. The van der Waals surface area contributed by atoms with Crippen molar-refractivity contribution in [2.45, 2.75) is 12.8 Å². The molecule has 2 heterocycles. The van der Waals surface area contributed by atoms with E-state index < -0.39 is 5.82 Å². The van der Waals surface area contributed by atoms with E-state index in [1.807, 2.05) is 0 Å². The van der Waals surface area contributed by atoms with Gasteiger partial charge in [-0.3, -0.25) is 14.5 Å². The van der Waals surface area contributed by atoms with Crippen molar-refractivity contribution in [3.63, 3.8) is 0 Å². The van der Waals surface area contributed by atoms with Crippen LogP contribution in [-0.4, -0.2) is 34.9 Å². The predicted octanol–water partition coefficient (Wildman–Crippen LogP) is 2.51. The third-order valence-electron chi connectivity index (χ3n) is 3.47. The van der Waals surface area contributed by atoms with Crippen LogP contribution in [0.3, 0.4) is 0 Å². The Labute approximate surface area is 131 Å². The SMILES string of the molecule is O=C1CCCN1CN(C(=O)c1ccc(F)cc1)c1nccs1. The van der Waals surface area contributed by atoms with E-state index in [1.165, 1.54) is 40.5 Å². The van der Waals surface area contributed by atoms with Crippen molar-refractivity contribution >= 4 is 28.3 Å². The predicted molar refractivity (Wildman–Crippen MR) is 81.1 cm³/mol. The van der Waals surface area contributed by atoms with Crippen molar-refractivity contribution in [2.75, 3.05) is 18.1 Å². The highest BCUT2D eigenvalue weighted by Crippen LogP contribution is 2.22. The second kappa shape index (κ2) is 6.23. The molecular formula is C15H14FN3O2S. The molecule has 22 heavy (non-hydrogen) atoms. The molecular weight excluding hydrogens is 305 g/mol. The van der Waals surface area contributed by atoms with Crippen LogP contribution in [0.1, 0.15) is 23.2 Å². The summed E-state index contributed by atoms with van der Waals surface area (Å²) >= 11 is 1.32. The fraction of sp³-hybridized carbons (Fsp3) is 0.267. The van der Waals surface area contributed by atoms with Crippen molar-refractivity contribution in [1.82, 2.24) is 9.88 Å². The summed E-state index contributed by atoms with van der Waals surface area (Å²) in [5, 5.41) is 2.29. The van der Waals surface area contributed by atoms with E-state index in [2.05, 4.69) is 4.98 Å². The summed E-state index contributed by atoms with van der Waals surface area (Å²) in [7, 11) is 0. The minimum atomic E-state index is -0.396. The van der Waals surface area contributed by atoms with Gasteiger partial charge in [-0.05, 0) is 30.7 Å². The van der Waals surface area contributed by atoms with Crippen LogP contribution >= 0.6 is 11.3 Å². The summed E-state index contributed by atoms with van der Waals surface area (Å²) < 4.78 is 13.0. The van der Waals surface area contributed by atoms with E-state index in [-0.39, 0.29) is 18.5 Å². The summed E-state index contributed by atoms with van der Waals surface area (Å²) in [6.07, 6.45) is 2.92. The summed E-state index contributed by atoms with van der Waals surface area (Å²) in [5.74, 6) is -0.657. The number of nitrogens with zero attached hydrogens (tertiary/aromatic N) is 3. The number of aromatic nitrogens is 1. The highest BCUT2D eigenvalue weighted by molar-refractivity contribution is 7.13. The number of rotatable bonds is 4. The molecule has 0 N–H and O–H groups in total. The minimum Gasteiger partial charge on any atom is -0.324 e. The van der Waals surface area contributed by atoms with E-state index in [4.69, 9.17) is 0 Å². The normalized spacial score (nSPS) is 14.4. The van der Waals surface area contributed by atoms with Crippen molar-refractivity contribution < 1.29 is 14.0 Å². The molecule has 7 heteroatoms. The molecule has 1 aromatic heterocycles. The molecule has 114 valence electrons. The van der Waals surface area contributed by atoms with Gasteiger partial charge in [0.05, 0.1) is 0 Å². The molecule has 3 rings (SSSR count). The van der Waals surface area contributed by atoms with E-state index >= 15 is 0 Å². The number of benzene rings is 1. The number of hydrogen-bond acceptors (Lipinski definition) is 4. The molecule has 0 saturated carbocycles. The Hall–Kier alpha value is -2.28. The van der Waals surface area contributed by atoms with E-state index in [0.29, 0.717) is 23.7 Å². The fourth-order valence-corrected chi connectivity index (χ4v) is 2.97. The first kappa shape index (κ1) is 14.6. The van der Waals surface area contributed by atoms with Gasteiger partial charge >= 0.3 is 0 Å². The summed E-state index contributed by atoms with van der Waals surface area (Å²) in [6, 6.07) is 5.36. The largest absolute Gasteiger partial charge is 0.324 e. The Morgan fingerprint density at radius 2 is 2.14 bits per heavy atom. The van der Waals surface area contributed by atoms with Gasteiger partial charge in [0, 0.05) is 30.1 Å². The van der Waals surface area contributed by atoms with Gasteiger partial charge in [-0.2, -0.15) is 0 Å². The number of amides is 2. The first-order chi connectivity index (χ1) is 10.6. The van der Waals surface area contributed by atoms with Gasteiger partial charge in [-0.25, -0.2) is 9.37 Å². The van der Waals surface area contributed by atoms with Crippen LogP contribution in [0.15, 0.2) is 35.8 Å². The average Bonchev–Trinajstić information content (AvgIpc) is 3.17. The molecule has 1 saturated heterocycles. The average molecular weight is 319 g/mol. The number of carbonyl (C=O) groups is 2. The number of likely N-dealkylation sites (tertiary alicyclic amines) is 1. The van der Waals surface area contributed by atoms with Crippen molar-refractivity contribution in [1.29, 1.82) is 0 Å². The monoisotopic (exact) mass is 319 g/mol. The Morgan fingerprint density at radius 1 is 1.36 bits per heavy atom. The van der Waals surface area contributed by atoms with Crippen LogP contribution in [0.25, 0.3) is 0 Å². The standard InChI is InChI=1S/C15H14FN3O2S/c16-12-5-3-11(4-6-12)14(21)19(15-17-7-9-22-15)10-18-8-1-2-13(18)20/h3-7,9H,1-2,8,10H2. The van der Waals surface area contributed by atoms with Crippen molar-refractivity contribution in [3.8, 4) is 0 Å². The maximum Gasteiger partial charge on any atom is 0.261 e. The molecule has 1 aliphatic heterocycles. The number of carbonyl (C=O) groups excluding carboxylic acids is 2. The van der Waals surface area contributed by atoms with Crippen LogP contribution in [0, 0.1) is 5.82 Å². The molecule has 0 unspecified atom stereocenters. The van der Waals surface area contributed by atoms with Crippen LogP contribution in [-0.2, 0) is 4.79 Å². The summed E-state index contributed by atoms with van der Waals surface area (Å²) in [6.45, 7) is 0.806. The maximum absolute atomic E-state index is 13.0. The molecule has 1 aliphatic rings. The molecule has 2 amide bonds. The fourth-order valence-electron chi connectivity index (χ4n) is 2.33. The van der Waals surface area contributed by atoms with E-state index in [9.17, 15) is 14.0 Å². The van der Waals surface area contributed by atoms with Gasteiger partial charge in [-0.15, -0.1) is 11.3 Å². The lowest BCUT2D eigenvalue weighted by atomic mass is 10.2. The molecule has 0 aliphatic carbocycles. The molecule has 5 nitrogen and oxygen atoms in total. The lowest BCUT2D eigenvalue weighted by Gasteiger charge is -2.26. The smallest absolute Gasteiger partial charge is 0.261 e. The number of thiazole rings is 1. The summed E-state index contributed by atoms with van der Waals surface area (Å²) in [5.41, 5.74) is 0.364. The first-order valence-electron chi connectivity index (χ1n) is 6.90. The van der Waals surface area contributed by atoms with E-state index in [1.54, 1.807) is 16.5 Å². The zero-order valence-electron chi connectivity index (χ0n) is 11.7. The molecule has 0 radical (unpaired) electrons. The highest BCUT2D eigenvalue weighted by atomic mass is 32.1. The van der Waals surface area contributed by atoms with E-state index in [0.717, 1.165) is 6.42 Å². The van der Waals surface area contributed by atoms with Crippen LogP contribution in [0.5, 0.6) is 0 Å². The third kappa shape index (κ3) is 2.99. The molecule has 0 spiro atoms. The van der Waals surface area contributed by atoms with Gasteiger partial charge in [0.2, 0.25) is 5.91 Å². The quantitative estimate of drug-likeness (QED) is 0.870. The topological polar surface area (TPSA) is 53.5 Å². The molecule has 0 bridgehead atoms. The number of halogens is 1. The lowest BCUT2D eigenvalue weighted by molar-refractivity contribution is -0.127. The zero-order chi connectivity index (χ0) is 15.5. The second-order valence-electron chi connectivity index (χ2n) is 4.96. The first-order valence-corrected chi connectivity index (χ1v) is 7.78. The zero-order valence-corrected chi connectivity index (χ0v) is 12.6. The van der Waals surface area contributed by atoms with Crippen molar-refractivity contribution in [2.24, 2.45) is 0 Å². The molecule has 0 atom stereocenters. The van der Waals surface area contributed by atoms with Gasteiger partial charge < -0.3 is 4.90 Å². The lowest BCUT2D eigenvalue weighted by Crippen LogP contribution is -2.42. The Kier molecular flexibility index (Phi) is 4.15. The highest BCUT2D eigenvalue weighted by Gasteiger charge is 2.27. The number of anilines is 1. The molecule has 2 aromatic rings. The van der Waals surface area contributed by atoms with Gasteiger partial charge in [0.15, 0.2) is 5.13 Å². The Bertz CT molecular complexity index is 673. The van der Waals surface area contributed by atoms with Crippen LogP contribution < -0.4 is 4.90 Å².